The molecule has 1 aromatic carbocycles. The number of hydrogen-bond donors (Lipinski definition) is 1. The van der Waals surface area contributed by atoms with E-state index in [4.69, 9.17) is 5.11 Å². The Bertz CT molecular complexity index is 506. The van der Waals surface area contributed by atoms with Crippen LogP contribution in [0.4, 0.5) is 0 Å². The number of carbonyl (C=O) groups excluding carboxylic acids is 1. The van der Waals surface area contributed by atoms with Gasteiger partial charge in [-0.25, -0.2) is 9.59 Å². The molecule has 1 N–H and O–H groups in total. The third kappa shape index (κ3) is 3.65. The molecule has 17 heavy (non-hydrogen) atoms. The summed E-state index contributed by atoms with van der Waals surface area (Å²) in [6.07, 6.45) is 0. The molecule has 4 heteroatoms. The smallest absolute Gasteiger partial charge is 0.384 e. The standard InChI is InChI=1S/C13H12O4/c1-3-17-12(14)7-6-10-4-5-11(13(15)16)8-9(10)2/h4-5,8H,3H2,1-2H3,(H,15,16). The summed E-state index contributed by atoms with van der Waals surface area (Å²) in [5, 5.41) is 8.78. The van der Waals surface area contributed by atoms with Crippen LogP contribution in [0.5, 0.6) is 0 Å². The number of aromatic carboxylic acids is 1. The number of ether oxygens (including phenoxy) is 1. The van der Waals surface area contributed by atoms with E-state index < -0.39 is 11.9 Å². The normalized spacial score (nSPS) is 9.06. The fraction of sp³-hybridized carbons (Fsp3) is 0.231. The van der Waals surface area contributed by atoms with Crippen molar-refractivity contribution in [3.05, 3.63) is 34.9 Å². The Labute approximate surface area is 99.2 Å². The number of aryl methyl sites for hydroxylation is 1. The molecule has 0 amide bonds. The van der Waals surface area contributed by atoms with Crippen LogP contribution in [0.25, 0.3) is 0 Å². The highest BCUT2D eigenvalue weighted by molar-refractivity contribution is 5.90. The van der Waals surface area contributed by atoms with Crippen LogP contribution < -0.4 is 0 Å². The number of hydrogen-bond acceptors (Lipinski definition) is 3. The van der Waals surface area contributed by atoms with E-state index in [9.17, 15) is 9.59 Å². The van der Waals surface area contributed by atoms with Crippen LogP contribution in [0.3, 0.4) is 0 Å². The van der Waals surface area contributed by atoms with Gasteiger partial charge in [0.15, 0.2) is 0 Å². The molecular formula is C13H12O4. The molecule has 0 bridgehead atoms. The third-order valence-corrected chi connectivity index (χ3v) is 2.05. The zero-order chi connectivity index (χ0) is 12.8. The Morgan fingerprint density at radius 3 is 2.65 bits per heavy atom. The molecule has 0 saturated carbocycles. The average molecular weight is 232 g/mol. The van der Waals surface area contributed by atoms with Crippen molar-refractivity contribution < 1.29 is 19.4 Å². The van der Waals surface area contributed by atoms with Gasteiger partial charge in [0.2, 0.25) is 0 Å². The summed E-state index contributed by atoms with van der Waals surface area (Å²) in [6, 6.07) is 4.53. The summed E-state index contributed by atoms with van der Waals surface area (Å²) < 4.78 is 4.66. The van der Waals surface area contributed by atoms with Gasteiger partial charge in [-0.3, -0.25) is 0 Å². The second kappa shape index (κ2) is 5.71. The Morgan fingerprint density at radius 2 is 2.12 bits per heavy atom. The maximum absolute atomic E-state index is 11.0. The molecule has 0 aliphatic heterocycles. The van der Waals surface area contributed by atoms with E-state index in [1.54, 1.807) is 19.9 Å². The second-order valence-electron chi connectivity index (χ2n) is 3.31. The zero-order valence-electron chi connectivity index (χ0n) is 9.61. The Hall–Kier alpha value is -2.28. The van der Waals surface area contributed by atoms with Crippen molar-refractivity contribution in [1.29, 1.82) is 0 Å². The molecular weight excluding hydrogens is 220 g/mol. The fourth-order valence-corrected chi connectivity index (χ4v) is 1.22. The SMILES string of the molecule is CCOC(=O)C#Cc1ccc(C(=O)O)cc1C. The molecule has 0 unspecified atom stereocenters. The molecule has 0 atom stereocenters. The van der Waals surface area contributed by atoms with Gasteiger partial charge >= 0.3 is 11.9 Å². The number of carboxylic acid groups (broad SMARTS) is 1. The summed E-state index contributed by atoms with van der Waals surface area (Å²) in [5.41, 5.74) is 1.52. The van der Waals surface area contributed by atoms with Crippen molar-refractivity contribution in [2.24, 2.45) is 0 Å². The molecule has 88 valence electrons. The van der Waals surface area contributed by atoms with Crippen LogP contribution in [-0.4, -0.2) is 23.7 Å². The van der Waals surface area contributed by atoms with E-state index in [0.717, 1.165) is 0 Å². The zero-order valence-corrected chi connectivity index (χ0v) is 9.61. The molecule has 0 heterocycles. The van der Waals surface area contributed by atoms with Gasteiger partial charge in [0.1, 0.15) is 0 Å². The lowest BCUT2D eigenvalue weighted by Crippen LogP contribution is -2.00. The quantitative estimate of drug-likeness (QED) is 0.621. The topological polar surface area (TPSA) is 63.6 Å². The van der Waals surface area contributed by atoms with Gasteiger partial charge in [-0.1, -0.05) is 5.92 Å². The van der Waals surface area contributed by atoms with Crippen LogP contribution in [0, 0.1) is 18.8 Å². The number of esters is 1. The summed E-state index contributed by atoms with van der Waals surface area (Å²) in [5.74, 6) is 3.40. The predicted octanol–water partition coefficient (Wildman–Crippen LogP) is 1.61. The van der Waals surface area contributed by atoms with Crippen LogP contribution in [-0.2, 0) is 9.53 Å². The Balaban J connectivity index is 2.93. The number of carboxylic acids is 1. The molecule has 1 rings (SSSR count). The van der Waals surface area contributed by atoms with E-state index >= 15 is 0 Å². The Morgan fingerprint density at radius 1 is 1.41 bits per heavy atom. The lowest BCUT2D eigenvalue weighted by Gasteiger charge is -1.99. The molecule has 0 spiro atoms. The first-order valence-electron chi connectivity index (χ1n) is 5.07. The lowest BCUT2D eigenvalue weighted by atomic mass is 10.1. The maximum Gasteiger partial charge on any atom is 0.384 e. The van der Waals surface area contributed by atoms with Crippen LogP contribution in [0.15, 0.2) is 18.2 Å². The number of benzene rings is 1. The first-order chi connectivity index (χ1) is 8.04. The van der Waals surface area contributed by atoms with Gasteiger partial charge in [0, 0.05) is 11.5 Å². The summed E-state index contributed by atoms with van der Waals surface area (Å²) in [4.78, 5) is 21.7. The minimum absolute atomic E-state index is 0.198. The van der Waals surface area contributed by atoms with Gasteiger partial charge in [0.25, 0.3) is 0 Å². The van der Waals surface area contributed by atoms with Gasteiger partial charge < -0.3 is 9.84 Å². The van der Waals surface area contributed by atoms with E-state index in [1.165, 1.54) is 12.1 Å². The van der Waals surface area contributed by atoms with Crippen molar-refractivity contribution >= 4 is 11.9 Å². The second-order valence-corrected chi connectivity index (χ2v) is 3.31. The maximum atomic E-state index is 11.0. The largest absolute Gasteiger partial charge is 0.478 e. The summed E-state index contributed by atoms with van der Waals surface area (Å²) >= 11 is 0. The molecule has 0 saturated heterocycles. The van der Waals surface area contributed by atoms with Crippen molar-refractivity contribution in [1.82, 2.24) is 0 Å². The molecule has 0 fully saturated rings. The predicted molar refractivity (Wildman–Crippen MR) is 61.6 cm³/mol. The minimum atomic E-state index is -0.988. The van der Waals surface area contributed by atoms with Crippen molar-refractivity contribution in [3.8, 4) is 11.8 Å². The van der Waals surface area contributed by atoms with E-state index in [2.05, 4.69) is 16.6 Å². The average Bonchev–Trinajstić information content (AvgIpc) is 2.27. The fourth-order valence-electron chi connectivity index (χ4n) is 1.22. The lowest BCUT2D eigenvalue weighted by molar-refractivity contribution is -0.136. The molecule has 0 aromatic heterocycles. The van der Waals surface area contributed by atoms with E-state index in [0.29, 0.717) is 11.1 Å². The summed E-state index contributed by atoms with van der Waals surface area (Å²) in [7, 11) is 0. The molecule has 0 aliphatic rings. The Kier molecular flexibility index (Phi) is 4.29. The van der Waals surface area contributed by atoms with Gasteiger partial charge in [-0.15, -0.1) is 0 Å². The molecule has 0 radical (unpaired) electrons. The van der Waals surface area contributed by atoms with Crippen LogP contribution in [0.2, 0.25) is 0 Å². The van der Waals surface area contributed by atoms with Gasteiger partial charge in [-0.2, -0.15) is 0 Å². The minimum Gasteiger partial charge on any atom is -0.478 e. The van der Waals surface area contributed by atoms with E-state index in [-0.39, 0.29) is 12.2 Å². The molecule has 4 nitrogen and oxygen atoms in total. The molecule has 0 aliphatic carbocycles. The monoisotopic (exact) mass is 232 g/mol. The first-order valence-corrected chi connectivity index (χ1v) is 5.07. The van der Waals surface area contributed by atoms with Crippen molar-refractivity contribution in [2.45, 2.75) is 13.8 Å². The third-order valence-electron chi connectivity index (χ3n) is 2.05. The highest BCUT2D eigenvalue weighted by Crippen LogP contribution is 2.09. The van der Waals surface area contributed by atoms with E-state index in [1.807, 2.05) is 0 Å². The van der Waals surface area contributed by atoms with Crippen LogP contribution >= 0.6 is 0 Å². The first kappa shape index (κ1) is 12.8. The van der Waals surface area contributed by atoms with Gasteiger partial charge in [0.05, 0.1) is 12.2 Å². The molecule has 1 aromatic rings. The van der Waals surface area contributed by atoms with Crippen molar-refractivity contribution in [2.75, 3.05) is 6.61 Å². The summed E-state index contributed by atoms with van der Waals surface area (Å²) in [6.45, 7) is 3.72. The number of carbonyl (C=O) groups is 2. The highest BCUT2D eigenvalue weighted by Gasteiger charge is 2.04. The van der Waals surface area contributed by atoms with Crippen molar-refractivity contribution in [3.63, 3.8) is 0 Å². The highest BCUT2D eigenvalue weighted by atomic mass is 16.5. The van der Waals surface area contributed by atoms with Gasteiger partial charge in [-0.05, 0) is 37.6 Å². The van der Waals surface area contributed by atoms with Crippen LogP contribution in [0.1, 0.15) is 28.4 Å². The number of rotatable bonds is 2.